The molecule has 8 nitrogen and oxygen atoms in total. The van der Waals surface area contributed by atoms with Crippen molar-refractivity contribution in [2.45, 2.75) is 18.7 Å². The maximum atomic E-state index is 12.7. The van der Waals surface area contributed by atoms with Crippen molar-refractivity contribution in [3.63, 3.8) is 0 Å². The van der Waals surface area contributed by atoms with Gasteiger partial charge in [-0.15, -0.1) is 0 Å². The molecule has 2 N–H and O–H groups in total. The van der Waals surface area contributed by atoms with E-state index in [1.165, 1.54) is 22.5 Å². The lowest BCUT2D eigenvalue weighted by atomic mass is 10.2. The van der Waals surface area contributed by atoms with Gasteiger partial charge in [0, 0.05) is 31.0 Å². The first kappa shape index (κ1) is 20.6. The van der Waals surface area contributed by atoms with Crippen LogP contribution in [0.1, 0.15) is 24.2 Å². The quantitative estimate of drug-likeness (QED) is 0.579. The van der Waals surface area contributed by atoms with Crippen molar-refractivity contribution < 1.29 is 18.3 Å². The summed E-state index contributed by atoms with van der Waals surface area (Å²) < 4.78 is 28.3. The van der Waals surface area contributed by atoms with E-state index in [-0.39, 0.29) is 16.3 Å². The molecule has 2 aromatic carbocycles. The van der Waals surface area contributed by atoms with Crippen molar-refractivity contribution in [1.29, 1.82) is 0 Å². The molecule has 0 fully saturated rings. The summed E-state index contributed by atoms with van der Waals surface area (Å²) >= 11 is 0. The molecule has 1 heterocycles. The SMILES string of the molecule is CCN(CC)S(=O)(=O)c1ccc(O)c(NC(=O)c2ccc(-n3cccn3)cc2)c1. The van der Waals surface area contributed by atoms with Crippen LogP contribution < -0.4 is 5.32 Å². The number of amides is 1. The number of anilines is 1. The second-order valence-corrected chi connectivity index (χ2v) is 8.16. The molecular weight excluding hydrogens is 392 g/mol. The monoisotopic (exact) mass is 414 g/mol. The van der Waals surface area contributed by atoms with Crippen molar-refractivity contribution in [2.24, 2.45) is 0 Å². The van der Waals surface area contributed by atoms with Crippen LogP contribution in [0.15, 0.2) is 65.8 Å². The van der Waals surface area contributed by atoms with Gasteiger partial charge in [-0.05, 0) is 48.5 Å². The molecule has 0 atom stereocenters. The maximum Gasteiger partial charge on any atom is 0.255 e. The molecule has 9 heteroatoms. The number of phenolic OH excluding ortho intramolecular Hbond substituents is 1. The van der Waals surface area contributed by atoms with Crippen LogP contribution in [-0.2, 0) is 10.0 Å². The van der Waals surface area contributed by atoms with E-state index in [4.69, 9.17) is 0 Å². The van der Waals surface area contributed by atoms with Crippen molar-refractivity contribution in [2.75, 3.05) is 18.4 Å². The van der Waals surface area contributed by atoms with Gasteiger partial charge in [0.2, 0.25) is 10.0 Å². The zero-order valence-electron chi connectivity index (χ0n) is 16.1. The number of benzene rings is 2. The summed E-state index contributed by atoms with van der Waals surface area (Å²) in [6.45, 7) is 4.14. The Bertz CT molecular complexity index is 1090. The van der Waals surface area contributed by atoms with E-state index in [1.54, 1.807) is 61.3 Å². The number of aromatic hydroxyl groups is 1. The summed E-state index contributed by atoms with van der Waals surface area (Å²) in [7, 11) is -3.71. The van der Waals surface area contributed by atoms with Gasteiger partial charge < -0.3 is 10.4 Å². The average Bonchev–Trinajstić information content (AvgIpc) is 3.25. The van der Waals surface area contributed by atoms with Crippen LogP contribution in [0.5, 0.6) is 5.75 Å². The van der Waals surface area contributed by atoms with Gasteiger partial charge in [0.1, 0.15) is 5.75 Å². The predicted molar refractivity (Wildman–Crippen MR) is 110 cm³/mol. The highest BCUT2D eigenvalue weighted by atomic mass is 32.2. The number of carbonyl (C=O) groups is 1. The highest BCUT2D eigenvalue weighted by molar-refractivity contribution is 7.89. The predicted octanol–water partition coefficient (Wildman–Crippen LogP) is 2.86. The maximum absolute atomic E-state index is 12.7. The molecule has 0 unspecified atom stereocenters. The van der Waals surface area contributed by atoms with Crippen LogP contribution in [0.3, 0.4) is 0 Å². The molecule has 1 aromatic heterocycles. The molecule has 0 saturated heterocycles. The molecule has 0 aliphatic carbocycles. The second-order valence-electron chi connectivity index (χ2n) is 6.22. The van der Waals surface area contributed by atoms with Gasteiger partial charge in [-0.25, -0.2) is 13.1 Å². The Morgan fingerprint density at radius 3 is 2.41 bits per heavy atom. The lowest BCUT2D eigenvalue weighted by Crippen LogP contribution is -2.30. The fourth-order valence-corrected chi connectivity index (χ4v) is 4.35. The smallest absolute Gasteiger partial charge is 0.255 e. The number of rotatable bonds is 7. The Morgan fingerprint density at radius 2 is 1.83 bits per heavy atom. The normalized spacial score (nSPS) is 11.6. The molecule has 3 rings (SSSR count). The Balaban J connectivity index is 1.83. The summed E-state index contributed by atoms with van der Waals surface area (Å²) in [4.78, 5) is 12.6. The van der Waals surface area contributed by atoms with Crippen molar-refractivity contribution >= 4 is 21.6 Å². The van der Waals surface area contributed by atoms with Gasteiger partial charge in [-0.3, -0.25) is 4.79 Å². The van der Waals surface area contributed by atoms with E-state index < -0.39 is 15.9 Å². The third-order valence-corrected chi connectivity index (χ3v) is 6.50. The van der Waals surface area contributed by atoms with Crippen molar-refractivity contribution in [1.82, 2.24) is 14.1 Å². The molecular formula is C20H22N4O4S. The van der Waals surface area contributed by atoms with Crippen LogP contribution in [0.2, 0.25) is 0 Å². The first-order chi connectivity index (χ1) is 13.9. The average molecular weight is 414 g/mol. The van der Waals surface area contributed by atoms with Crippen molar-refractivity contribution in [3.05, 3.63) is 66.5 Å². The zero-order chi connectivity index (χ0) is 21.0. The third-order valence-electron chi connectivity index (χ3n) is 4.46. The number of nitrogens with zero attached hydrogens (tertiary/aromatic N) is 3. The first-order valence-electron chi connectivity index (χ1n) is 9.11. The molecule has 152 valence electrons. The Kier molecular flexibility index (Phi) is 6.00. The van der Waals surface area contributed by atoms with Crippen LogP contribution in [-0.4, -0.2) is 46.6 Å². The number of aromatic nitrogens is 2. The lowest BCUT2D eigenvalue weighted by Gasteiger charge is -2.19. The van der Waals surface area contributed by atoms with Crippen molar-refractivity contribution in [3.8, 4) is 11.4 Å². The van der Waals surface area contributed by atoms with E-state index in [1.807, 2.05) is 0 Å². The summed E-state index contributed by atoms with van der Waals surface area (Å²) in [5, 5.41) is 16.8. The highest BCUT2D eigenvalue weighted by Crippen LogP contribution is 2.28. The fraction of sp³-hybridized carbons (Fsp3) is 0.200. The number of hydrogen-bond donors (Lipinski definition) is 2. The minimum absolute atomic E-state index is 0.00308. The molecule has 0 aliphatic rings. The molecule has 0 radical (unpaired) electrons. The van der Waals surface area contributed by atoms with E-state index in [9.17, 15) is 18.3 Å². The summed E-state index contributed by atoms with van der Waals surface area (Å²) in [6, 6.07) is 12.4. The minimum atomic E-state index is -3.71. The molecule has 0 saturated carbocycles. The lowest BCUT2D eigenvalue weighted by molar-refractivity contribution is 0.102. The van der Waals surface area contributed by atoms with E-state index in [0.29, 0.717) is 18.7 Å². The number of nitrogens with one attached hydrogen (secondary N) is 1. The molecule has 29 heavy (non-hydrogen) atoms. The summed E-state index contributed by atoms with van der Waals surface area (Å²) in [5.74, 6) is -0.685. The van der Waals surface area contributed by atoms with Crippen LogP contribution in [0.25, 0.3) is 5.69 Å². The minimum Gasteiger partial charge on any atom is -0.506 e. The Hall–Kier alpha value is -3.17. The second kappa shape index (κ2) is 8.46. The van der Waals surface area contributed by atoms with E-state index >= 15 is 0 Å². The van der Waals surface area contributed by atoms with E-state index in [0.717, 1.165) is 5.69 Å². The third kappa shape index (κ3) is 4.30. The summed E-state index contributed by atoms with van der Waals surface area (Å²) in [5.41, 5.74) is 1.18. The summed E-state index contributed by atoms with van der Waals surface area (Å²) in [6.07, 6.45) is 3.44. The first-order valence-corrected chi connectivity index (χ1v) is 10.6. The Labute approximate surface area is 169 Å². The number of hydrogen-bond acceptors (Lipinski definition) is 5. The van der Waals surface area contributed by atoms with Gasteiger partial charge in [0.25, 0.3) is 5.91 Å². The Morgan fingerprint density at radius 1 is 1.14 bits per heavy atom. The van der Waals surface area contributed by atoms with Gasteiger partial charge in [0.05, 0.1) is 16.3 Å². The van der Waals surface area contributed by atoms with Gasteiger partial charge in [-0.1, -0.05) is 13.8 Å². The highest BCUT2D eigenvalue weighted by Gasteiger charge is 2.23. The molecule has 0 bridgehead atoms. The molecule has 1 amide bonds. The van der Waals surface area contributed by atoms with Gasteiger partial charge in [-0.2, -0.15) is 9.40 Å². The van der Waals surface area contributed by atoms with Gasteiger partial charge in [0.15, 0.2) is 0 Å². The van der Waals surface area contributed by atoms with E-state index in [2.05, 4.69) is 10.4 Å². The largest absolute Gasteiger partial charge is 0.506 e. The molecule has 0 spiro atoms. The molecule has 3 aromatic rings. The standard InChI is InChI=1S/C20H22N4O4S/c1-3-23(4-2)29(27,28)17-10-11-19(25)18(14-17)22-20(26)15-6-8-16(9-7-15)24-13-5-12-21-24/h5-14,25H,3-4H2,1-2H3,(H,22,26). The van der Waals surface area contributed by atoms with Crippen LogP contribution in [0, 0.1) is 0 Å². The molecule has 0 aliphatic heterocycles. The topological polar surface area (TPSA) is 105 Å². The van der Waals surface area contributed by atoms with Crippen LogP contribution in [0.4, 0.5) is 5.69 Å². The van der Waals surface area contributed by atoms with Gasteiger partial charge >= 0.3 is 0 Å². The number of phenols is 1. The number of sulfonamides is 1. The zero-order valence-corrected chi connectivity index (χ0v) is 16.9. The van der Waals surface area contributed by atoms with Crippen LogP contribution >= 0.6 is 0 Å². The number of carbonyl (C=O) groups excluding carboxylic acids is 1. The fourth-order valence-electron chi connectivity index (χ4n) is 2.87.